The molecule has 0 aliphatic heterocycles. The second kappa shape index (κ2) is 7.36. The summed E-state index contributed by atoms with van der Waals surface area (Å²) >= 11 is 0. The third kappa shape index (κ3) is 5.93. The predicted molar refractivity (Wildman–Crippen MR) is 53.5 cm³/mol. The van der Waals surface area contributed by atoms with Gasteiger partial charge in [-0.3, -0.25) is 4.79 Å². The van der Waals surface area contributed by atoms with E-state index in [1.54, 1.807) is 18.3 Å². The van der Waals surface area contributed by atoms with Crippen LogP contribution in [0, 0.1) is 0 Å². The second-order valence-corrected chi connectivity index (χ2v) is 2.41. The van der Waals surface area contributed by atoms with Crippen LogP contribution in [-0.2, 0) is 0 Å². The first-order valence-corrected chi connectivity index (χ1v) is 4.36. The fourth-order valence-electron chi connectivity index (χ4n) is 0.734. The van der Waals surface area contributed by atoms with Gasteiger partial charge < -0.3 is 16.0 Å². The summed E-state index contributed by atoms with van der Waals surface area (Å²) in [6.07, 6.45) is 1.65. The van der Waals surface area contributed by atoms with Gasteiger partial charge >= 0.3 is 0 Å². The van der Waals surface area contributed by atoms with Crippen LogP contribution in [-0.4, -0.2) is 24.0 Å². The maximum atomic E-state index is 10.3. The average Bonchev–Trinajstić information content (AvgIpc) is 2.58. The fraction of sp³-hybridized carbons (Fsp3) is 0.444. The van der Waals surface area contributed by atoms with Crippen LogP contribution in [0.1, 0.15) is 24.3 Å². The van der Waals surface area contributed by atoms with E-state index >= 15 is 0 Å². The van der Waals surface area contributed by atoms with Gasteiger partial charge in [0.25, 0.3) is 5.91 Å². The van der Waals surface area contributed by atoms with Crippen molar-refractivity contribution in [2.45, 2.75) is 13.8 Å². The monoisotopic (exact) mass is 183 g/mol. The van der Waals surface area contributed by atoms with E-state index in [1.165, 1.54) is 0 Å². The summed E-state index contributed by atoms with van der Waals surface area (Å²) in [5.41, 5.74) is 5.34. The first-order valence-electron chi connectivity index (χ1n) is 4.36. The molecule has 1 rings (SSSR count). The normalized spacial score (nSPS) is 8.77. The van der Waals surface area contributed by atoms with E-state index in [2.05, 4.69) is 24.1 Å². The third-order valence-electron chi connectivity index (χ3n) is 1.36. The molecule has 0 aliphatic rings. The molecule has 0 radical (unpaired) electrons. The van der Waals surface area contributed by atoms with Crippen molar-refractivity contribution >= 4 is 5.91 Å². The Labute approximate surface area is 78.5 Å². The molecule has 0 saturated carbocycles. The summed E-state index contributed by atoms with van der Waals surface area (Å²) in [4.78, 5) is 12.9. The third-order valence-corrected chi connectivity index (χ3v) is 1.36. The second-order valence-electron chi connectivity index (χ2n) is 2.41. The summed E-state index contributed by atoms with van der Waals surface area (Å²) in [7, 11) is 0. The zero-order chi connectivity index (χ0) is 10.1. The average molecular weight is 183 g/mol. The Morgan fingerprint density at radius 1 is 1.54 bits per heavy atom. The summed E-state index contributed by atoms with van der Waals surface area (Å²) in [5, 5.41) is 3.11. The van der Waals surface area contributed by atoms with Gasteiger partial charge in [-0.25, -0.2) is 0 Å². The molecule has 1 aromatic rings. The highest BCUT2D eigenvalue weighted by atomic mass is 16.1. The number of nitrogens with one attached hydrogen (secondary N) is 2. The van der Waals surface area contributed by atoms with Crippen molar-refractivity contribution in [3.8, 4) is 0 Å². The lowest BCUT2D eigenvalue weighted by atomic mass is 10.4. The lowest BCUT2D eigenvalue weighted by Crippen LogP contribution is -2.10. The molecule has 1 heterocycles. The van der Waals surface area contributed by atoms with E-state index in [0.29, 0.717) is 5.69 Å². The van der Waals surface area contributed by atoms with Crippen LogP contribution in [0.25, 0.3) is 0 Å². The summed E-state index contributed by atoms with van der Waals surface area (Å²) in [6.45, 7) is 6.39. The summed E-state index contributed by atoms with van der Waals surface area (Å²) < 4.78 is 0. The number of aromatic amines is 1. The van der Waals surface area contributed by atoms with Crippen LogP contribution in [0.15, 0.2) is 18.3 Å². The lowest BCUT2D eigenvalue weighted by molar-refractivity contribution is 0.0996. The Morgan fingerprint density at radius 3 is 2.31 bits per heavy atom. The molecule has 0 spiro atoms. The lowest BCUT2D eigenvalue weighted by Gasteiger charge is -1.86. The molecule has 0 unspecified atom stereocenters. The molecule has 1 amide bonds. The van der Waals surface area contributed by atoms with E-state index in [9.17, 15) is 4.79 Å². The highest BCUT2D eigenvalue weighted by molar-refractivity contribution is 5.90. The first kappa shape index (κ1) is 11.7. The zero-order valence-electron chi connectivity index (χ0n) is 8.13. The van der Waals surface area contributed by atoms with Crippen LogP contribution in [0.4, 0.5) is 0 Å². The van der Waals surface area contributed by atoms with E-state index in [4.69, 9.17) is 5.73 Å². The van der Waals surface area contributed by atoms with Crippen molar-refractivity contribution in [3.63, 3.8) is 0 Å². The largest absolute Gasteiger partial charge is 0.364 e. The predicted octanol–water partition coefficient (Wildman–Crippen LogP) is 0.729. The Kier molecular flexibility index (Phi) is 6.63. The molecule has 0 bridgehead atoms. The number of H-pyrrole nitrogens is 1. The van der Waals surface area contributed by atoms with Gasteiger partial charge in [0.15, 0.2) is 0 Å². The highest BCUT2D eigenvalue weighted by Crippen LogP contribution is 1.89. The summed E-state index contributed by atoms with van der Waals surface area (Å²) in [6, 6.07) is 3.35. The fourth-order valence-corrected chi connectivity index (χ4v) is 0.734. The van der Waals surface area contributed by atoms with Crippen molar-refractivity contribution in [1.29, 1.82) is 0 Å². The minimum atomic E-state index is -0.421. The smallest absolute Gasteiger partial charge is 0.265 e. The van der Waals surface area contributed by atoms with Crippen molar-refractivity contribution in [2.24, 2.45) is 5.73 Å². The van der Waals surface area contributed by atoms with Gasteiger partial charge in [0, 0.05) is 6.20 Å². The van der Waals surface area contributed by atoms with Crippen LogP contribution in [0.3, 0.4) is 0 Å². The van der Waals surface area contributed by atoms with Gasteiger partial charge in [-0.15, -0.1) is 0 Å². The number of carbonyl (C=O) groups is 1. The van der Waals surface area contributed by atoms with Gasteiger partial charge in [0.05, 0.1) is 0 Å². The minimum absolute atomic E-state index is 0.421. The van der Waals surface area contributed by atoms with Crippen molar-refractivity contribution < 1.29 is 4.79 Å². The molecule has 0 aromatic carbocycles. The molecule has 0 atom stereocenters. The van der Waals surface area contributed by atoms with Crippen LogP contribution >= 0.6 is 0 Å². The number of hydrogen-bond acceptors (Lipinski definition) is 2. The number of primary amides is 1. The molecule has 74 valence electrons. The maximum absolute atomic E-state index is 10.3. The topological polar surface area (TPSA) is 70.9 Å². The molecule has 0 fully saturated rings. The van der Waals surface area contributed by atoms with E-state index in [-0.39, 0.29) is 0 Å². The highest BCUT2D eigenvalue weighted by Gasteiger charge is 1.95. The number of rotatable bonds is 3. The van der Waals surface area contributed by atoms with Gasteiger partial charge in [-0.1, -0.05) is 13.8 Å². The molecule has 1 aromatic heterocycles. The summed E-state index contributed by atoms with van der Waals surface area (Å²) in [5.74, 6) is -0.421. The SMILES string of the molecule is CCNCC.NC(=O)c1ccc[nH]1. The van der Waals surface area contributed by atoms with Gasteiger partial charge in [-0.05, 0) is 25.2 Å². The van der Waals surface area contributed by atoms with Crippen LogP contribution in [0.2, 0.25) is 0 Å². The van der Waals surface area contributed by atoms with Crippen molar-refractivity contribution in [3.05, 3.63) is 24.0 Å². The Hall–Kier alpha value is -1.29. The van der Waals surface area contributed by atoms with Crippen LogP contribution in [0.5, 0.6) is 0 Å². The molecule has 4 heteroatoms. The molecule has 0 saturated heterocycles. The quantitative estimate of drug-likeness (QED) is 0.646. The number of nitrogens with two attached hydrogens (primary N) is 1. The Balaban J connectivity index is 0.000000252. The number of amides is 1. The molecule has 13 heavy (non-hydrogen) atoms. The number of carbonyl (C=O) groups excluding carboxylic acids is 1. The maximum Gasteiger partial charge on any atom is 0.265 e. The van der Waals surface area contributed by atoms with Gasteiger partial charge in [-0.2, -0.15) is 0 Å². The number of hydrogen-bond donors (Lipinski definition) is 3. The Bertz CT molecular complexity index is 217. The first-order chi connectivity index (χ1) is 6.22. The van der Waals surface area contributed by atoms with Gasteiger partial charge in [0.2, 0.25) is 0 Å². The van der Waals surface area contributed by atoms with Crippen LogP contribution < -0.4 is 11.1 Å². The van der Waals surface area contributed by atoms with Gasteiger partial charge in [0.1, 0.15) is 5.69 Å². The molecular weight excluding hydrogens is 166 g/mol. The zero-order valence-corrected chi connectivity index (χ0v) is 8.13. The minimum Gasteiger partial charge on any atom is -0.364 e. The standard InChI is InChI=1S/C5H6N2O.C4H11N/c6-5(8)4-2-1-3-7-4;1-3-5-4-2/h1-3,7H,(H2,6,8);5H,3-4H2,1-2H3. The van der Waals surface area contributed by atoms with Crippen molar-refractivity contribution in [2.75, 3.05) is 13.1 Å². The Morgan fingerprint density at radius 2 is 2.15 bits per heavy atom. The number of aromatic nitrogens is 1. The van der Waals surface area contributed by atoms with E-state index in [1.807, 2.05) is 0 Å². The molecule has 4 N–H and O–H groups in total. The molecule has 0 aliphatic carbocycles. The van der Waals surface area contributed by atoms with E-state index < -0.39 is 5.91 Å². The van der Waals surface area contributed by atoms with Crippen molar-refractivity contribution in [1.82, 2.24) is 10.3 Å². The van der Waals surface area contributed by atoms with E-state index in [0.717, 1.165) is 13.1 Å². The molecule has 4 nitrogen and oxygen atoms in total. The molecular formula is C9H17N3O.